The molecule has 1 unspecified atom stereocenters. The number of carbonyl (C=O) groups is 1. The van der Waals surface area contributed by atoms with Gasteiger partial charge in [0, 0.05) is 0 Å². The van der Waals surface area contributed by atoms with Crippen LogP contribution in [0.2, 0.25) is 0 Å². The minimum atomic E-state index is -0.114. The summed E-state index contributed by atoms with van der Waals surface area (Å²) in [4.78, 5) is 12.2. The first-order valence-corrected chi connectivity index (χ1v) is 7.40. The van der Waals surface area contributed by atoms with E-state index in [0.29, 0.717) is 0 Å². The van der Waals surface area contributed by atoms with Crippen LogP contribution in [-0.2, 0) is 9.53 Å². The van der Waals surface area contributed by atoms with Crippen LogP contribution in [0.15, 0.2) is 0 Å². The van der Waals surface area contributed by atoms with Gasteiger partial charge in [0.25, 0.3) is 0 Å². The van der Waals surface area contributed by atoms with Crippen LogP contribution in [0, 0.1) is 5.92 Å². The van der Waals surface area contributed by atoms with Crippen molar-refractivity contribution in [2.24, 2.45) is 5.92 Å². The highest BCUT2D eigenvalue weighted by molar-refractivity contribution is 5.72. The quantitative estimate of drug-likeness (QED) is 0.614. The van der Waals surface area contributed by atoms with Crippen LogP contribution in [0.4, 0.5) is 0 Å². The average molecular weight is 240 g/mol. The van der Waals surface area contributed by atoms with Crippen molar-refractivity contribution in [3.05, 3.63) is 0 Å². The Labute approximate surface area is 106 Å². The summed E-state index contributed by atoms with van der Waals surface area (Å²) in [5.41, 5.74) is -0.114. The number of hydrogen-bond acceptors (Lipinski definition) is 2. The number of esters is 1. The van der Waals surface area contributed by atoms with Gasteiger partial charge < -0.3 is 4.74 Å². The van der Waals surface area contributed by atoms with Gasteiger partial charge in [-0.3, -0.25) is 4.79 Å². The van der Waals surface area contributed by atoms with Gasteiger partial charge in [0.15, 0.2) is 0 Å². The van der Waals surface area contributed by atoms with E-state index in [1.165, 1.54) is 12.8 Å². The van der Waals surface area contributed by atoms with Crippen molar-refractivity contribution in [1.82, 2.24) is 0 Å². The van der Waals surface area contributed by atoms with Crippen molar-refractivity contribution in [2.45, 2.75) is 84.2 Å². The summed E-state index contributed by atoms with van der Waals surface area (Å²) in [6.07, 6.45) is 9.74. The van der Waals surface area contributed by atoms with Crippen molar-refractivity contribution in [1.29, 1.82) is 0 Å². The third kappa shape index (κ3) is 4.01. The Balaban J connectivity index is 2.50. The van der Waals surface area contributed by atoms with E-state index in [1.807, 2.05) is 0 Å². The highest BCUT2D eigenvalue weighted by Crippen LogP contribution is 2.37. The lowest BCUT2D eigenvalue weighted by Gasteiger charge is -2.29. The van der Waals surface area contributed by atoms with Crippen LogP contribution in [0.3, 0.4) is 0 Å². The molecule has 1 fully saturated rings. The van der Waals surface area contributed by atoms with E-state index in [0.717, 1.165) is 44.9 Å². The van der Waals surface area contributed by atoms with Crippen molar-refractivity contribution >= 4 is 5.97 Å². The smallest absolute Gasteiger partial charge is 0.309 e. The Hall–Kier alpha value is -0.530. The maximum Gasteiger partial charge on any atom is 0.309 e. The largest absolute Gasteiger partial charge is 0.459 e. The van der Waals surface area contributed by atoms with Gasteiger partial charge in [-0.15, -0.1) is 0 Å². The second-order valence-electron chi connectivity index (χ2n) is 5.41. The molecule has 0 N–H and O–H groups in total. The lowest BCUT2D eigenvalue weighted by molar-refractivity contribution is -0.165. The molecule has 17 heavy (non-hydrogen) atoms. The first kappa shape index (κ1) is 14.5. The highest BCUT2D eigenvalue weighted by Gasteiger charge is 2.37. The minimum absolute atomic E-state index is 0.0599. The molecule has 1 atom stereocenters. The van der Waals surface area contributed by atoms with Gasteiger partial charge in [0.05, 0.1) is 5.92 Å². The van der Waals surface area contributed by atoms with Crippen LogP contribution in [0.25, 0.3) is 0 Å². The summed E-state index contributed by atoms with van der Waals surface area (Å²) in [6, 6.07) is 0. The molecule has 1 aliphatic carbocycles. The van der Waals surface area contributed by atoms with E-state index in [1.54, 1.807) is 0 Å². The molecular formula is C15H28O2. The topological polar surface area (TPSA) is 26.3 Å². The van der Waals surface area contributed by atoms with Crippen LogP contribution in [0.5, 0.6) is 0 Å². The van der Waals surface area contributed by atoms with Crippen LogP contribution in [-0.4, -0.2) is 11.6 Å². The molecule has 0 aromatic rings. The van der Waals surface area contributed by atoms with E-state index in [4.69, 9.17) is 4.74 Å². The molecule has 1 aliphatic rings. The fourth-order valence-electron chi connectivity index (χ4n) is 2.78. The Morgan fingerprint density at radius 1 is 1.24 bits per heavy atom. The van der Waals surface area contributed by atoms with E-state index in [2.05, 4.69) is 20.8 Å². The zero-order valence-electron chi connectivity index (χ0n) is 11.8. The zero-order chi connectivity index (χ0) is 12.7. The Kier molecular flexibility index (Phi) is 6.01. The molecule has 1 rings (SSSR count). The summed E-state index contributed by atoms with van der Waals surface area (Å²) in [5.74, 6) is 0.184. The summed E-state index contributed by atoms with van der Waals surface area (Å²) in [5, 5.41) is 0. The molecule has 0 aliphatic heterocycles. The standard InChI is InChI=1S/C15H28O2/c1-4-7-10-13(5-2)14(16)17-15(6-3)11-8-9-12-15/h13H,4-12H2,1-3H3. The van der Waals surface area contributed by atoms with Crippen molar-refractivity contribution in [3.63, 3.8) is 0 Å². The molecule has 0 bridgehead atoms. The number of carbonyl (C=O) groups excluding carboxylic acids is 1. The van der Waals surface area contributed by atoms with E-state index in [9.17, 15) is 4.79 Å². The molecule has 0 radical (unpaired) electrons. The predicted molar refractivity (Wildman–Crippen MR) is 70.9 cm³/mol. The lowest BCUT2D eigenvalue weighted by atomic mass is 9.96. The highest BCUT2D eigenvalue weighted by atomic mass is 16.6. The first-order valence-electron chi connectivity index (χ1n) is 7.40. The fraction of sp³-hybridized carbons (Fsp3) is 0.933. The lowest BCUT2D eigenvalue weighted by Crippen LogP contribution is -2.34. The molecule has 2 nitrogen and oxygen atoms in total. The first-order chi connectivity index (χ1) is 8.17. The van der Waals surface area contributed by atoms with Crippen LogP contribution >= 0.6 is 0 Å². The van der Waals surface area contributed by atoms with Gasteiger partial charge in [0.2, 0.25) is 0 Å². The van der Waals surface area contributed by atoms with Gasteiger partial charge in [-0.2, -0.15) is 0 Å². The molecular weight excluding hydrogens is 212 g/mol. The van der Waals surface area contributed by atoms with Gasteiger partial charge in [0.1, 0.15) is 5.60 Å². The molecule has 0 saturated heterocycles. The maximum atomic E-state index is 12.2. The third-order valence-electron chi connectivity index (χ3n) is 4.21. The number of hydrogen-bond donors (Lipinski definition) is 0. The summed E-state index contributed by atoms with van der Waals surface area (Å²) < 4.78 is 5.86. The Morgan fingerprint density at radius 3 is 2.35 bits per heavy atom. The van der Waals surface area contributed by atoms with E-state index >= 15 is 0 Å². The molecule has 1 saturated carbocycles. The maximum absolute atomic E-state index is 12.2. The summed E-state index contributed by atoms with van der Waals surface area (Å²) >= 11 is 0. The second kappa shape index (κ2) is 7.03. The van der Waals surface area contributed by atoms with E-state index < -0.39 is 0 Å². The van der Waals surface area contributed by atoms with Gasteiger partial charge in [-0.05, 0) is 44.9 Å². The Bertz CT molecular complexity index is 229. The van der Waals surface area contributed by atoms with Crippen molar-refractivity contribution in [3.8, 4) is 0 Å². The van der Waals surface area contributed by atoms with Crippen molar-refractivity contribution in [2.75, 3.05) is 0 Å². The fourth-order valence-corrected chi connectivity index (χ4v) is 2.78. The third-order valence-corrected chi connectivity index (χ3v) is 4.21. The van der Waals surface area contributed by atoms with Gasteiger partial charge in [-0.1, -0.05) is 33.6 Å². The number of rotatable bonds is 7. The minimum Gasteiger partial charge on any atom is -0.459 e. The average Bonchev–Trinajstić information content (AvgIpc) is 2.79. The van der Waals surface area contributed by atoms with Gasteiger partial charge in [-0.25, -0.2) is 0 Å². The number of unbranched alkanes of at least 4 members (excludes halogenated alkanes) is 1. The number of ether oxygens (including phenoxy) is 1. The summed E-state index contributed by atoms with van der Waals surface area (Å²) in [7, 11) is 0. The molecule has 2 heteroatoms. The molecule has 0 amide bonds. The van der Waals surface area contributed by atoms with Crippen molar-refractivity contribution < 1.29 is 9.53 Å². The molecule has 0 heterocycles. The van der Waals surface area contributed by atoms with Gasteiger partial charge >= 0.3 is 5.97 Å². The van der Waals surface area contributed by atoms with Crippen LogP contribution in [0.1, 0.15) is 78.6 Å². The predicted octanol–water partition coefficient (Wildman–Crippen LogP) is 4.47. The molecule has 0 spiro atoms. The van der Waals surface area contributed by atoms with Crippen LogP contribution < -0.4 is 0 Å². The molecule has 0 aromatic heterocycles. The zero-order valence-corrected chi connectivity index (χ0v) is 11.8. The monoisotopic (exact) mass is 240 g/mol. The molecule has 0 aromatic carbocycles. The SMILES string of the molecule is CCCCC(CC)C(=O)OC1(CC)CCCC1. The second-order valence-corrected chi connectivity index (χ2v) is 5.41. The summed E-state index contributed by atoms with van der Waals surface area (Å²) in [6.45, 7) is 6.41. The normalized spacial score (nSPS) is 20.2. The van der Waals surface area contributed by atoms with E-state index in [-0.39, 0.29) is 17.5 Å². The Morgan fingerprint density at radius 2 is 1.88 bits per heavy atom. The molecule has 100 valence electrons.